The number of benzene rings is 2. The average Bonchev–Trinajstić information content (AvgIpc) is 3.23. The van der Waals surface area contributed by atoms with Crippen LogP contribution in [-0.4, -0.2) is 79.2 Å². The van der Waals surface area contributed by atoms with Crippen LogP contribution in [-0.2, 0) is 9.59 Å². The molecule has 0 saturated carbocycles. The van der Waals surface area contributed by atoms with Crippen molar-refractivity contribution in [1.82, 2.24) is 9.80 Å². The van der Waals surface area contributed by atoms with Gasteiger partial charge in [-0.3, -0.25) is 9.59 Å². The van der Waals surface area contributed by atoms with Crippen LogP contribution in [0.5, 0.6) is 23.0 Å². The van der Waals surface area contributed by atoms with E-state index in [1.165, 1.54) is 0 Å². The summed E-state index contributed by atoms with van der Waals surface area (Å²) in [6.45, 7) is 12.5. The van der Waals surface area contributed by atoms with E-state index in [0.29, 0.717) is 73.6 Å². The second kappa shape index (κ2) is 13.6. The number of fused-ring (bicyclic) bond motifs is 1. The number of hydrogen-bond acceptors (Lipinski definition) is 8. The number of nitrogens with zero attached hydrogens (tertiary/aromatic N) is 2. The standard InChI is InChI=1S/C31H40N2O7/c1-5-9-16-38-23-12-10-21(19-25(23)37-8-4)28-27(30(35)31(36)33(28)15-14-32(6-2)7-3)29(34)22-11-13-24-26(20-22)40-18-17-39-24/h10-13,19-20,28,34H,5-9,14-18H2,1-4H3. The summed E-state index contributed by atoms with van der Waals surface area (Å²) in [5, 5.41) is 11.5. The van der Waals surface area contributed by atoms with Crippen LogP contribution in [0.25, 0.3) is 5.76 Å². The van der Waals surface area contributed by atoms with Gasteiger partial charge in [0.25, 0.3) is 11.7 Å². The van der Waals surface area contributed by atoms with Crippen LogP contribution in [0.15, 0.2) is 42.0 Å². The molecule has 40 heavy (non-hydrogen) atoms. The first kappa shape index (κ1) is 29.3. The van der Waals surface area contributed by atoms with Crippen molar-refractivity contribution < 1.29 is 33.6 Å². The molecule has 2 aromatic carbocycles. The van der Waals surface area contributed by atoms with Gasteiger partial charge in [-0.2, -0.15) is 0 Å². The largest absolute Gasteiger partial charge is 0.507 e. The summed E-state index contributed by atoms with van der Waals surface area (Å²) in [5.41, 5.74) is 1.06. The third kappa shape index (κ3) is 6.20. The molecular weight excluding hydrogens is 512 g/mol. The minimum absolute atomic E-state index is 0.0309. The van der Waals surface area contributed by atoms with Gasteiger partial charge in [0, 0.05) is 18.7 Å². The smallest absolute Gasteiger partial charge is 0.295 e. The highest BCUT2D eigenvalue weighted by Crippen LogP contribution is 2.43. The molecule has 1 unspecified atom stereocenters. The van der Waals surface area contributed by atoms with E-state index in [4.69, 9.17) is 18.9 Å². The van der Waals surface area contributed by atoms with Crippen LogP contribution in [0, 0.1) is 0 Å². The number of ketones is 1. The second-order valence-electron chi connectivity index (χ2n) is 9.72. The van der Waals surface area contributed by atoms with Crippen LogP contribution in [0.2, 0.25) is 0 Å². The first-order valence-electron chi connectivity index (χ1n) is 14.2. The highest BCUT2D eigenvalue weighted by molar-refractivity contribution is 6.46. The lowest BCUT2D eigenvalue weighted by Gasteiger charge is -2.28. The molecule has 4 rings (SSSR count). The maximum absolute atomic E-state index is 13.5. The molecule has 9 heteroatoms. The molecule has 0 radical (unpaired) electrons. The van der Waals surface area contributed by atoms with Gasteiger partial charge in [-0.15, -0.1) is 0 Å². The Hall–Kier alpha value is -3.72. The number of carbonyl (C=O) groups is 2. The highest BCUT2D eigenvalue weighted by Gasteiger charge is 2.46. The topological polar surface area (TPSA) is 97.8 Å². The van der Waals surface area contributed by atoms with E-state index in [1.54, 1.807) is 23.1 Å². The van der Waals surface area contributed by atoms with Gasteiger partial charge in [0.05, 0.1) is 24.8 Å². The van der Waals surface area contributed by atoms with E-state index >= 15 is 0 Å². The number of aliphatic hydroxyl groups is 1. The maximum Gasteiger partial charge on any atom is 0.295 e. The van der Waals surface area contributed by atoms with Crippen molar-refractivity contribution in [3.8, 4) is 23.0 Å². The van der Waals surface area contributed by atoms with E-state index in [1.807, 2.05) is 25.1 Å². The summed E-state index contributed by atoms with van der Waals surface area (Å²) in [6.07, 6.45) is 1.91. The molecule has 9 nitrogen and oxygen atoms in total. The number of carbonyl (C=O) groups excluding carboxylic acids is 2. The lowest BCUT2D eigenvalue weighted by molar-refractivity contribution is -0.140. The molecule has 2 aliphatic heterocycles. The number of hydrogen-bond donors (Lipinski definition) is 1. The summed E-state index contributed by atoms with van der Waals surface area (Å²) < 4.78 is 23.1. The highest BCUT2D eigenvalue weighted by atomic mass is 16.6. The third-order valence-electron chi connectivity index (χ3n) is 7.25. The summed E-state index contributed by atoms with van der Waals surface area (Å²) >= 11 is 0. The molecule has 0 spiro atoms. The van der Waals surface area contributed by atoms with Crippen molar-refractivity contribution in [2.24, 2.45) is 0 Å². The maximum atomic E-state index is 13.5. The molecular formula is C31H40N2O7. The molecule has 0 aliphatic carbocycles. The summed E-state index contributed by atoms with van der Waals surface area (Å²) in [4.78, 5) is 30.7. The number of ether oxygens (including phenoxy) is 4. The van der Waals surface area contributed by atoms with Crippen LogP contribution in [0.3, 0.4) is 0 Å². The average molecular weight is 553 g/mol. The van der Waals surface area contributed by atoms with E-state index in [2.05, 4.69) is 25.7 Å². The molecule has 216 valence electrons. The molecule has 2 aromatic rings. The SMILES string of the molecule is CCCCOc1ccc(C2C(=C(O)c3ccc4c(c3)OCCO4)C(=O)C(=O)N2CCN(CC)CC)cc1OCC. The van der Waals surface area contributed by atoms with Crippen molar-refractivity contribution in [1.29, 1.82) is 0 Å². The van der Waals surface area contributed by atoms with Crippen LogP contribution in [0.1, 0.15) is 57.7 Å². The number of rotatable bonds is 13. The zero-order chi connectivity index (χ0) is 28.6. The fourth-order valence-corrected chi connectivity index (χ4v) is 5.00. The fraction of sp³-hybridized carbons (Fsp3) is 0.484. The Morgan fingerprint density at radius 3 is 2.42 bits per heavy atom. The minimum atomic E-state index is -0.798. The predicted molar refractivity (Wildman–Crippen MR) is 152 cm³/mol. The molecule has 2 aliphatic rings. The predicted octanol–water partition coefficient (Wildman–Crippen LogP) is 4.80. The molecule has 1 saturated heterocycles. The van der Waals surface area contributed by atoms with Gasteiger partial charge in [-0.25, -0.2) is 0 Å². The Bertz CT molecular complexity index is 1240. The zero-order valence-corrected chi connectivity index (χ0v) is 23.9. The lowest BCUT2D eigenvalue weighted by atomic mass is 9.94. The Morgan fingerprint density at radius 1 is 0.975 bits per heavy atom. The van der Waals surface area contributed by atoms with Gasteiger partial charge in [0.1, 0.15) is 19.0 Å². The Labute approximate surface area is 236 Å². The molecule has 1 fully saturated rings. The van der Waals surface area contributed by atoms with Crippen molar-refractivity contribution in [3.05, 3.63) is 53.1 Å². The Balaban J connectivity index is 1.80. The van der Waals surface area contributed by atoms with Crippen LogP contribution in [0.4, 0.5) is 0 Å². The van der Waals surface area contributed by atoms with Crippen molar-refractivity contribution >= 4 is 17.4 Å². The number of likely N-dealkylation sites (tertiary alicyclic amines) is 1. The first-order chi connectivity index (χ1) is 19.4. The van der Waals surface area contributed by atoms with Crippen LogP contribution >= 0.6 is 0 Å². The van der Waals surface area contributed by atoms with E-state index in [0.717, 1.165) is 25.9 Å². The molecule has 1 atom stereocenters. The normalized spacial score (nSPS) is 17.9. The Kier molecular flexibility index (Phi) is 9.93. The third-order valence-corrected chi connectivity index (χ3v) is 7.25. The van der Waals surface area contributed by atoms with E-state index in [9.17, 15) is 14.7 Å². The molecule has 0 bridgehead atoms. The van der Waals surface area contributed by atoms with Gasteiger partial charge >= 0.3 is 0 Å². The number of likely N-dealkylation sites (N-methyl/N-ethyl adjacent to an activating group) is 1. The number of aliphatic hydroxyl groups excluding tert-OH is 1. The monoisotopic (exact) mass is 552 g/mol. The molecule has 1 amide bonds. The van der Waals surface area contributed by atoms with E-state index in [-0.39, 0.29) is 11.3 Å². The van der Waals surface area contributed by atoms with Gasteiger partial charge < -0.3 is 33.9 Å². The fourth-order valence-electron chi connectivity index (χ4n) is 5.00. The van der Waals surface area contributed by atoms with E-state index < -0.39 is 17.7 Å². The van der Waals surface area contributed by atoms with Crippen molar-refractivity contribution in [3.63, 3.8) is 0 Å². The lowest BCUT2D eigenvalue weighted by Crippen LogP contribution is -2.38. The summed E-state index contributed by atoms with van der Waals surface area (Å²) in [6, 6.07) is 9.66. The minimum Gasteiger partial charge on any atom is -0.507 e. The van der Waals surface area contributed by atoms with Gasteiger partial charge in [0.2, 0.25) is 0 Å². The first-order valence-corrected chi connectivity index (χ1v) is 14.2. The number of unbranched alkanes of at least 4 members (excludes halogenated alkanes) is 1. The van der Waals surface area contributed by atoms with Gasteiger partial charge in [-0.1, -0.05) is 33.3 Å². The second-order valence-corrected chi connectivity index (χ2v) is 9.72. The van der Waals surface area contributed by atoms with Crippen LogP contribution < -0.4 is 18.9 Å². The molecule has 1 N–H and O–H groups in total. The number of amides is 1. The molecule has 2 heterocycles. The number of Topliss-reactive ketones (excluding diaryl/α,β-unsaturated/α-hetero) is 1. The van der Waals surface area contributed by atoms with Gasteiger partial charge in [-0.05, 0) is 62.3 Å². The quantitative estimate of drug-likeness (QED) is 0.164. The van der Waals surface area contributed by atoms with Crippen molar-refractivity contribution in [2.75, 3.05) is 52.6 Å². The van der Waals surface area contributed by atoms with Gasteiger partial charge in [0.15, 0.2) is 23.0 Å². The molecule has 0 aromatic heterocycles. The zero-order valence-electron chi connectivity index (χ0n) is 23.9. The Morgan fingerprint density at radius 2 is 1.73 bits per heavy atom. The summed E-state index contributed by atoms with van der Waals surface area (Å²) in [7, 11) is 0. The van der Waals surface area contributed by atoms with Crippen molar-refractivity contribution in [2.45, 2.75) is 46.6 Å². The summed E-state index contributed by atoms with van der Waals surface area (Å²) in [5.74, 6) is 0.562.